The number of aromatic nitrogens is 1. The van der Waals surface area contributed by atoms with Crippen LogP contribution in [0, 0.1) is 5.92 Å². The van der Waals surface area contributed by atoms with Crippen molar-refractivity contribution in [2.45, 2.75) is 38.1 Å². The lowest BCUT2D eigenvalue weighted by molar-refractivity contribution is -0.117. The molecule has 1 aromatic heterocycles. The monoisotopic (exact) mass is 349 g/mol. The zero-order chi connectivity index (χ0) is 17.9. The number of nitrogens with one attached hydrogen (secondary N) is 1. The third-order valence-electron chi connectivity index (χ3n) is 5.08. The Kier molecular flexibility index (Phi) is 4.71. The molecular formula is C21H23N3O2. The number of oxazole rings is 1. The Labute approximate surface area is 152 Å². The number of fused-ring (bicyclic) bond motifs is 1. The summed E-state index contributed by atoms with van der Waals surface area (Å²) in [6, 6.07) is 15.8. The van der Waals surface area contributed by atoms with Crippen molar-refractivity contribution in [3.63, 3.8) is 0 Å². The van der Waals surface area contributed by atoms with E-state index in [0.717, 1.165) is 36.0 Å². The first kappa shape index (κ1) is 16.8. The number of hydrogen-bond acceptors (Lipinski definition) is 4. The summed E-state index contributed by atoms with van der Waals surface area (Å²) >= 11 is 0. The standard InChI is InChI=1S/C21H23N3O2/c22-17-8-4-7-15(17)12-20(25)23-16-9-10-18-19(13-16)26-21(24-18)11-14-5-2-1-3-6-14/h1-3,5-6,9-10,13,15,17H,4,7-8,11-12,22H2,(H,23,25)/t15-,17+/m0/s1. The number of benzene rings is 2. The predicted molar refractivity (Wildman–Crippen MR) is 102 cm³/mol. The zero-order valence-corrected chi connectivity index (χ0v) is 14.7. The summed E-state index contributed by atoms with van der Waals surface area (Å²) in [5.41, 5.74) is 9.43. The van der Waals surface area contributed by atoms with E-state index >= 15 is 0 Å². The maximum Gasteiger partial charge on any atom is 0.224 e. The Morgan fingerprint density at radius 2 is 2.04 bits per heavy atom. The maximum atomic E-state index is 12.3. The highest BCUT2D eigenvalue weighted by atomic mass is 16.3. The molecule has 0 saturated heterocycles. The molecule has 1 heterocycles. The van der Waals surface area contributed by atoms with Gasteiger partial charge >= 0.3 is 0 Å². The molecule has 1 saturated carbocycles. The first-order chi connectivity index (χ1) is 12.7. The second-order valence-corrected chi connectivity index (χ2v) is 7.06. The van der Waals surface area contributed by atoms with E-state index in [-0.39, 0.29) is 11.9 Å². The molecular weight excluding hydrogens is 326 g/mol. The van der Waals surface area contributed by atoms with Crippen LogP contribution in [0.3, 0.4) is 0 Å². The Morgan fingerprint density at radius 1 is 1.19 bits per heavy atom. The fourth-order valence-corrected chi connectivity index (χ4v) is 3.67. The van der Waals surface area contributed by atoms with Gasteiger partial charge in [0, 0.05) is 30.6 Å². The maximum absolute atomic E-state index is 12.3. The molecule has 2 aromatic carbocycles. The summed E-state index contributed by atoms with van der Waals surface area (Å²) < 4.78 is 5.86. The van der Waals surface area contributed by atoms with E-state index in [9.17, 15) is 4.79 Å². The van der Waals surface area contributed by atoms with Crippen LogP contribution in [0.25, 0.3) is 11.1 Å². The highest BCUT2D eigenvalue weighted by Gasteiger charge is 2.26. The van der Waals surface area contributed by atoms with Gasteiger partial charge in [-0.15, -0.1) is 0 Å². The summed E-state index contributed by atoms with van der Waals surface area (Å²) in [6.07, 6.45) is 4.31. The minimum absolute atomic E-state index is 0.00993. The molecule has 1 amide bonds. The van der Waals surface area contributed by atoms with Gasteiger partial charge < -0.3 is 15.5 Å². The van der Waals surface area contributed by atoms with Crippen LogP contribution in [-0.4, -0.2) is 16.9 Å². The van der Waals surface area contributed by atoms with Crippen molar-refractivity contribution >= 4 is 22.7 Å². The Hall–Kier alpha value is -2.66. The van der Waals surface area contributed by atoms with Crippen molar-refractivity contribution in [1.29, 1.82) is 0 Å². The highest BCUT2D eigenvalue weighted by Crippen LogP contribution is 2.27. The van der Waals surface area contributed by atoms with Gasteiger partial charge in [0.2, 0.25) is 5.91 Å². The summed E-state index contributed by atoms with van der Waals surface area (Å²) in [7, 11) is 0. The summed E-state index contributed by atoms with van der Waals surface area (Å²) in [5, 5.41) is 2.96. The van der Waals surface area contributed by atoms with Gasteiger partial charge in [-0.3, -0.25) is 4.79 Å². The van der Waals surface area contributed by atoms with Gasteiger partial charge in [-0.2, -0.15) is 0 Å². The highest BCUT2D eigenvalue weighted by molar-refractivity contribution is 5.92. The molecule has 1 aliphatic rings. The van der Waals surface area contributed by atoms with E-state index in [2.05, 4.69) is 10.3 Å². The topological polar surface area (TPSA) is 81.2 Å². The first-order valence-electron chi connectivity index (χ1n) is 9.16. The van der Waals surface area contributed by atoms with Crippen LogP contribution in [0.1, 0.15) is 37.1 Å². The largest absolute Gasteiger partial charge is 0.440 e. The third kappa shape index (κ3) is 3.78. The van der Waals surface area contributed by atoms with Gasteiger partial charge in [0.1, 0.15) is 5.52 Å². The number of amides is 1. The quantitative estimate of drug-likeness (QED) is 0.732. The van der Waals surface area contributed by atoms with Crippen molar-refractivity contribution < 1.29 is 9.21 Å². The number of nitrogens with zero attached hydrogens (tertiary/aromatic N) is 1. The van der Waals surface area contributed by atoms with Crippen LogP contribution < -0.4 is 11.1 Å². The van der Waals surface area contributed by atoms with E-state index in [1.807, 2.05) is 48.5 Å². The molecule has 134 valence electrons. The number of hydrogen-bond donors (Lipinski definition) is 2. The molecule has 0 radical (unpaired) electrons. The smallest absolute Gasteiger partial charge is 0.224 e. The number of carbonyl (C=O) groups is 1. The fraction of sp³-hybridized carbons (Fsp3) is 0.333. The molecule has 0 bridgehead atoms. The molecule has 1 aliphatic carbocycles. The van der Waals surface area contributed by atoms with Crippen molar-refractivity contribution in [3.8, 4) is 0 Å². The fourth-order valence-electron chi connectivity index (χ4n) is 3.67. The van der Waals surface area contributed by atoms with Gasteiger partial charge in [-0.05, 0) is 36.5 Å². The van der Waals surface area contributed by atoms with Crippen LogP contribution in [0.5, 0.6) is 0 Å². The molecule has 1 fully saturated rings. The minimum atomic E-state index is 0.00993. The first-order valence-corrected chi connectivity index (χ1v) is 9.16. The SMILES string of the molecule is N[C@@H]1CCC[C@H]1CC(=O)Nc1ccc2nc(Cc3ccccc3)oc2c1. The van der Waals surface area contributed by atoms with E-state index in [1.54, 1.807) is 0 Å². The normalized spacial score (nSPS) is 19.7. The second kappa shape index (κ2) is 7.30. The second-order valence-electron chi connectivity index (χ2n) is 7.06. The molecule has 5 nitrogen and oxygen atoms in total. The van der Waals surface area contributed by atoms with Crippen LogP contribution in [-0.2, 0) is 11.2 Å². The molecule has 3 N–H and O–H groups in total. The Bertz CT molecular complexity index is 904. The summed E-state index contributed by atoms with van der Waals surface area (Å²) in [5.74, 6) is 0.976. The molecule has 4 rings (SSSR count). The van der Waals surface area contributed by atoms with Crippen LogP contribution in [0.15, 0.2) is 52.9 Å². The molecule has 2 atom stereocenters. The molecule has 0 aliphatic heterocycles. The Morgan fingerprint density at radius 3 is 2.81 bits per heavy atom. The number of carbonyl (C=O) groups excluding carboxylic acids is 1. The van der Waals surface area contributed by atoms with Gasteiger partial charge in [0.25, 0.3) is 0 Å². The zero-order valence-electron chi connectivity index (χ0n) is 14.7. The van der Waals surface area contributed by atoms with Crippen molar-refractivity contribution in [2.75, 3.05) is 5.32 Å². The third-order valence-corrected chi connectivity index (χ3v) is 5.08. The van der Waals surface area contributed by atoms with E-state index in [0.29, 0.717) is 30.2 Å². The van der Waals surface area contributed by atoms with E-state index < -0.39 is 0 Å². The van der Waals surface area contributed by atoms with Crippen molar-refractivity contribution in [2.24, 2.45) is 11.7 Å². The van der Waals surface area contributed by atoms with Gasteiger partial charge in [-0.25, -0.2) is 4.98 Å². The Balaban J connectivity index is 1.44. The number of nitrogens with two attached hydrogens (primary N) is 1. The molecule has 0 spiro atoms. The van der Waals surface area contributed by atoms with Crippen molar-refractivity contribution in [3.05, 3.63) is 60.0 Å². The van der Waals surface area contributed by atoms with Crippen LogP contribution in [0.2, 0.25) is 0 Å². The lowest BCUT2D eigenvalue weighted by Gasteiger charge is -2.14. The summed E-state index contributed by atoms with van der Waals surface area (Å²) in [6.45, 7) is 0. The number of anilines is 1. The van der Waals surface area contributed by atoms with Gasteiger partial charge in [-0.1, -0.05) is 36.8 Å². The van der Waals surface area contributed by atoms with Crippen molar-refractivity contribution in [1.82, 2.24) is 4.98 Å². The predicted octanol–water partition coefficient (Wildman–Crippen LogP) is 3.87. The molecule has 5 heteroatoms. The molecule has 26 heavy (non-hydrogen) atoms. The summed E-state index contributed by atoms with van der Waals surface area (Å²) in [4.78, 5) is 16.8. The number of rotatable bonds is 5. The van der Waals surface area contributed by atoms with Crippen LogP contribution >= 0.6 is 0 Å². The molecule has 0 unspecified atom stereocenters. The van der Waals surface area contributed by atoms with E-state index in [4.69, 9.17) is 10.2 Å². The minimum Gasteiger partial charge on any atom is -0.440 e. The molecule has 3 aromatic rings. The average molecular weight is 349 g/mol. The van der Waals surface area contributed by atoms with E-state index in [1.165, 1.54) is 0 Å². The lowest BCUT2D eigenvalue weighted by Crippen LogP contribution is -2.28. The van der Waals surface area contributed by atoms with Crippen LogP contribution in [0.4, 0.5) is 5.69 Å². The van der Waals surface area contributed by atoms with Gasteiger partial charge in [0.05, 0.1) is 0 Å². The van der Waals surface area contributed by atoms with Gasteiger partial charge in [0.15, 0.2) is 11.5 Å². The lowest BCUT2D eigenvalue weighted by atomic mass is 10.00. The average Bonchev–Trinajstić information content (AvgIpc) is 3.21.